The molecule has 0 heterocycles. The van der Waals surface area contributed by atoms with Gasteiger partial charge in [0.15, 0.2) is 0 Å². The largest absolute Gasteiger partial charge is 0.492 e. The lowest BCUT2D eigenvalue weighted by Gasteiger charge is -2.10. The fourth-order valence-electron chi connectivity index (χ4n) is 1.85. The van der Waals surface area contributed by atoms with E-state index in [-0.39, 0.29) is 5.75 Å². The first kappa shape index (κ1) is 15.7. The Labute approximate surface area is 129 Å². The smallest absolute Gasteiger partial charge is 0.236 e. The van der Waals surface area contributed by atoms with Crippen molar-refractivity contribution < 1.29 is 13.2 Å². The monoisotopic (exact) mass is 325 g/mol. The lowest BCUT2D eigenvalue weighted by atomic mass is 10.2. The molecule has 1 N–H and O–H groups in total. The number of ether oxygens (including phenoxy) is 1. The molecule has 0 aliphatic heterocycles. The van der Waals surface area contributed by atoms with Crippen LogP contribution in [0.4, 0.5) is 5.69 Å². The third-order valence-electron chi connectivity index (χ3n) is 2.70. The maximum Gasteiger partial charge on any atom is 0.236 e. The van der Waals surface area contributed by atoms with Crippen LogP contribution < -0.4 is 9.46 Å². The second-order valence-electron chi connectivity index (χ2n) is 4.42. The summed E-state index contributed by atoms with van der Waals surface area (Å²) in [6, 6.07) is 13.8. The molecule has 0 bridgehead atoms. The summed E-state index contributed by atoms with van der Waals surface area (Å²) in [6.07, 6.45) is 0. The Morgan fingerprint density at radius 3 is 2.48 bits per heavy atom. The highest BCUT2D eigenvalue weighted by atomic mass is 35.5. The van der Waals surface area contributed by atoms with E-state index in [0.717, 1.165) is 5.56 Å². The van der Waals surface area contributed by atoms with Crippen molar-refractivity contribution in [3.63, 3.8) is 0 Å². The summed E-state index contributed by atoms with van der Waals surface area (Å²) < 4.78 is 32.0. The third kappa shape index (κ3) is 4.65. The van der Waals surface area contributed by atoms with Crippen molar-refractivity contribution >= 4 is 27.3 Å². The highest BCUT2D eigenvalue weighted by molar-refractivity contribution is 7.91. The van der Waals surface area contributed by atoms with Gasteiger partial charge in [-0.2, -0.15) is 0 Å². The van der Waals surface area contributed by atoms with Gasteiger partial charge in [-0.25, -0.2) is 8.42 Å². The Kier molecular flexibility index (Phi) is 5.09. The Hall–Kier alpha value is -1.72. The average Bonchev–Trinajstić information content (AvgIpc) is 2.42. The number of benzene rings is 2. The van der Waals surface area contributed by atoms with E-state index >= 15 is 0 Å². The molecular formula is C15H16ClNO3S. The zero-order valence-corrected chi connectivity index (χ0v) is 13.1. The standard InChI is InChI=1S/C15H16ClNO3S/c1-2-20-15-9-8-13(10-14(15)16)17-21(18,19)11-12-6-4-3-5-7-12/h3-10,17H,2,11H2,1H3. The van der Waals surface area contributed by atoms with Gasteiger partial charge in [-0.3, -0.25) is 4.72 Å². The fourth-order valence-corrected chi connectivity index (χ4v) is 3.27. The molecule has 0 spiro atoms. The van der Waals surface area contributed by atoms with Gasteiger partial charge in [-0.15, -0.1) is 0 Å². The molecule has 2 aromatic rings. The van der Waals surface area contributed by atoms with Gasteiger partial charge < -0.3 is 4.74 Å². The number of sulfonamides is 1. The van der Waals surface area contributed by atoms with Crippen molar-refractivity contribution in [2.24, 2.45) is 0 Å². The summed E-state index contributed by atoms with van der Waals surface area (Å²) >= 11 is 6.04. The van der Waals surface area contributed by atoms with Crippen molar-refractivity contribution in [3.05, 3.63) is 59.1 Å². The zero-order valence-electron chi connectivity index (χ0n) is 11.5. The molecule has 0 atom stereocenters. The maximum atomic E-state index is 12.1. The maximum absolute atomic E-state index is 12.1. The van der Waals surface area contributed by atoms with Gasteiger partial charge in [0.1, 0.15) is 5.75 Å². The molecule has 2 aromatic carbocycles. The molecule has 6 heteroatoms. The minimum atomic E-state index is -3.48. The van der Waals surface area contributed by atoms with E-state index < -0.39 is 10.0 Å². The summed E-state index contributed by atoms with van der Waals surface area (Å²) in [5.41, 5.74) is 1.14. The molecular weight excluding hydrogens is 310 g/mol. The van der Waals surface area contributed by atoms with Crippen molar-refractivity contribution in [2.45, 2.75) is 12.7 Å². The molecule has 0 unspecified atom stereocenters. The van der Waals surface area contributed by atoms with Gasteiger partial charge in [0.05, 0.1) is 23.1 Å². The van der Waals surface area contributed by atoms with Crippen molar-refractivity contribution in [3.8, 4) is 5.75 Å². The minimum absolute atomic E-state index is 0.0847. The van der Waals surface area contributed by atoms with E-state index in [4.69, 9.17) is 16.3 Å². The molecule has 0 aromatic heterocycles. The highest BCUT2D eigenvalue weighted by Gasteiger charge is 2.12. The molecule has 4 nitrogen and oxygen atoms in total. The molecule has 0 saturated carbocycles. The van der Waals surface area contributed by atoms with Crippen LogP contribution in [0.25, 0.3) is 0 Å². The first-order valence-corrected chi connectivity index (χ1v) is 8.50. The molecule has 0 fully saturated rings. The van der Waals surface area contributed by atoms with Crippen LogP contribution in [0.1, 0.15) is 12.5 Å². The van der Waals surface area contributed by atoms with Crippen molar-refractivity contribution in [2.75, 3.05) is 11.3 Å². The lowest BCUT2D eigenvalue weighted by Crippen LogP contribution is -2.15. The van der Waals surface area contributed by atoms with Gasteiger partial charge in [-0.1, -0.05) is 41.9 Å². The number of rotatable bonds is 6. The van der Waals surface area contributed by atoms with E-state index in [0.29, 0.717) is 23.1 Å². The van der Waals surface area contributed by atoms with Gasteiger partial charge in [-0.05, 0) is 30.7 Å². The Bertz CT molecular complexity index is 702. The summed E-state index contributed by atoms with van der Waals surface area (Å²) in [4.78, 5) is 0. The van der Waals surface area contributed by atoms with E-state index in [9.17, 15) is 8.42 Å². The van der Waals surface area contributed by atoms with Gasteiger partial charge in [0.25, 0.3) is 0 Å². The van der Waals surface area contributed by atoms with Crippen molar-refractivity contribution in [1.82, 2.24) is 0 Å². The van der Waals surface area contributed by atoms with Crippen LogP contribution in [-0.4, -0.2) is 15.0 Å². The van der Waals surface area contributed by atoms with Gasteiger partial charge in [0.2, 0.25) is 10.0 Å². The second kappa shape index (κ2) is 6.83. The second-order valence-corrected chi connectivity index (χ2v) is 6.55. The lowest BCUT2D eigenvalue weighted by molar-refractivity contribution is 0.340. The summed E-state index contributed by atoms with van der Waals surface area (Å²) in [7, 11) is -3.48. The topological polar surface area (TPSA) is 55.4 Å². The first-order chi connectivity index (χ1) is 10.00. The van der Waals surface area contributed by atoms with Crippen LogP contribution in [0.3, 0.4) is 0 Å². The summed E-state index contributed by atoms with van der Waals surface area (Å²) in [6.45, 7) is 2.35. The van der Waals surface area contributed by atoms with Crippen LogP contribution in [-0.2, 0) is 15.8 Å². The zero-order chi connectivity index (χ0) is 15.3. The summed E-state index contributed by atoms with van der Waals surface area (Å²) in [5, 5.41) is 0.372. The first-order valence-electron chi connectivity index (χ1n) is 6.47. The molecule has 2 rings (SSSR count). The minimum Gasteiger partial charge on any atom is -0.492 e. The van der Waals surface area contributed by atoms with Crippen LogP contribution in [0, 0.1) is 0 Å². The van der Waals surface area contributed by atoms with Crippen LogP contribution in [0.2, 0.25) is 5.02 Å². The number of hydrogen-bond acceptors (Lipinski definition) is 3. The predicted molar refractivity (Wildman–Crippen MR) is 85.3 cm³/mol. The van der Waals surface area contributed by atoms with Gasteiger partial charge in [0, 0.05) is 0 Å². The molecule has 0 amide bonds. The predicted octanol–water partition coefficient (Wildman–Crippen LogP) is 3.68. The van der Waals surface area contributed by atoms with E-state index in [1.165, 1.54) is 6.07 Å². The molecule has 21 heavy (non-hydrogen) atoms. The molecule has 0 radical (unpaired) electrons. The normalized spacial score (nSPS) is 11.1. The van der Waals surface area contributed by atoms with E-state index in [2.05, 4.69) is 4.72 Å². The SMILES string of the molecule is CCOc1ccc(NS(=O)(=O)Cc2ccccc2)cc1Cl. The Morgan fingerprint density at radius 2 is 1.86 bits per heavy atom. The fraction of sp³-hybridized carbons (Fsp3) is 0.200. The Morgan fingerprint density at radius 1 is 1.14 bits per heavy atom. The van der Waals surface area contributed by atoms with Crippen LogP contribution in [0.15, 0.2) is 48.5 Å². The van der Waals surface area contributed by atoms with Crippen LogP contribution >= 0.6 is 11.6 Å². The Balaban J connectivity index is 2.11. The highest BCUT2D eigenvalue weighted by Crippen LogP contribution is 2.28. The average molecular weight is 326 g/mol. The number of nitrogens with one attached hydrogen (secondary N) is 1. The van der Waals surface area contributed by atoms with E-state index in [1.807, 2.05) is 13.0 Å². The number of anilines is 1. The molecule has 0 aliphatic rings. The third-order valence-corrected chi connectivity index (χ3v) is 4.26. The quantitative estimate of drug-likeness (QED) is 0.881. The van der Waals surface area contributed by atoms with Crippen molar-refractivity contribution in [1.29, 1.82) is 0 Å². The molecule has 0 aliphatic carbocycles. The number of hydrogen-bond donors (Lipinski definition) is 1. The summed E-state index contributed by atoms with van der Waals surface area (Å²) in [5.74, 6) is 0.448. The number of halogens is 1. The van der Waals surface area contributed by atoms with Gasteiger partial charge >= 0.3 is 0 Å². The van der Waals surface area contributed by atoms with Crippen LogP contribution in [0.5, 0.6) is 5.75 Å². The molecule has 0 saturated heterocycles. The molecule has 112 valence electrons. The van der Waals surface area contributed by atoms with E-state index in [1.54, 1.807) is 36.4 Å².